The predicted octanol–water partition coefficient (Wildman–Crippen LogP) is 4.18. The minimum atomic E-state index is -0.612. The molecule has 0 N–H and O–H groups in total. The van der Waals surface area contributed by atoms with E-state index in [9.17, 15) is 13.6 Å². The molecule has 0 spiro atoms. The molecule has 2 aromatic carbocycles. The standard InChI is InChI=1S/C18H15F2NO2/c1-11(22)12-9-21(10-13-14(19)5-3-6-15(13)20)16-7-4-8-17(23-2)18(12)16/h3-9H,10H2,1-2H3. The Hall–Kier alpha value is -2.69. The van der Waals surface area contributed by atoms with Gasteiger partial charge in [-0.05, 0) is 31.2 Å². The molecular formula is C18H15F2NO2. The maximum Gasteiger partial charge on any atom is 0.162 e. The number of hydrogen-bond donors (Lipinski definition) is 0. The van der Waals surface area contributed by atoms with Crippen LogP contribution >= 0.6 is 0 Å². The smallest absolute Gasteiger partial charge is 0.162 e. The average Bonchev–Trinajstić information content (AvgIpc) is 2.90. The Labute approximate surface area is 132 Å². The topological polar surface area (TPSA) is 31.2 Å². The van der Waals surface area contributed by atoms with Gasteiger partial charge in [0.1, 0.15) is 17.4 Å². The van der Waals surface area contributed by atoms with Gasteiger partial charge in [-0.2, -0.15) is 0 Å². The number of rotatable bonds is 4. The lowest BCUT2D eigenvalue weighted by molar-refractivity contribution is 0.101. The Bertz CT molecular complexity index is 879. The molecule has 5 heteroatoms. The number of aromatic nitrogens is 1. The highest BCUT2D eigenvalue weighted by atomic mass is 19.1. The van der Waals surface area contributed by atoms with Gasteiger partial charge in [0.05, 0.1) is 24.6 Å². The van der Waals surface area contributed by atoms with Crippen molar-refractivity contribution in [2.24, 2.45) is 0 Å². The third-order valence-corrected chi connectivity index (χ3v) is 3.86. The van der Waals surface area contributed by atoms with Crippen molar-refractivity contribution in [3.05, 3.63) is 65.4 Å². The minimum absolute atomic E-state index is 0.00451. The highest BCUT2D eigenvalue weighted by molar-refractivity contribution is 6.09. The molecule has 0 aliphatic rings. The summed E-state index contributed by atoms with van der Waals surface area (Å²) in [5.74, 6) is -0.800. The van der Waals surface area contributed by atoms with Crippen molar-refractivity contribution >= 4 is 16.7 Å². The second-order valence-corrected chi connectivity index (χ2v) is 5.28. The number of carbonyl (C=O) groups is 1. The van der Waals surface area contributed by atoms with E-state index >= 15 is 0 Å². The van der Waals surface area contributed by atoms with Crippen molar-refractivity contribution in [3.63, 3.8) is 0 Å². The number of methoxy groups -OCH3 is 1. The number of halogens is 2. The summed E-state index contributed by atoms with van der Waals surface area (Å²) >= 11 is 0. The van der Waals surface area contributed by atoms with Crippen LogP contribution in [0.15, 0.2) is 42.6 Å². The molecule has 0 atom stereocenters. The van der Waals surface area contributed by atoms with Crippen molar-refractivity contribution in [1.82, 2.24) is 4.57 Å². The maximum atomic E-state index is 13.9. The van der Waals surface area contributed by atoms with Gasteiger partial charge in [-0.3, -0.25) is 4.79 Å². The van der Waals surface area contributed by atoms with Crippen LogP contribution < -0.4 is 4.74 Å². The summed E-state index contributed by atoms with van der Waals surface area (Å²) in [5, 5.41) is 0.652. The lowest BCUT2D eigenvalue weighted by Crippen LogP contribution is -2.03. The van der Waals surface area contributed by atoms with Gasteiger partial charge in [0, 0.05) is 17.3 Å². The zero-order valence-corrected chi connectivity index (χ0v) is 12.8. The molecule has 3 aromatic rings. The Kier molecular flexibility index (Phi) is 3.86. The van der Waals surface area contributed by atoms with E-state index in [1.807, 2.05) is 0 Å². The summed E-state index contributed by atoms with van der Waals surface area (Å²) in [6, 6.07) is 9.09. The number of ketones is 1. The van der Waals surface area contributed by atoms with Crippen molar-refractivity contribution in [2.75, 3.05) is 7.11 Å². The van der Waals surface area contributed by atoms with Crippen LogP contribution in [-0.4, -0.2) is 17.5 Å². The molecule has 0 fully saturated rings. The van der Waals surface area contributed by atoms with E-state index in [0.717, 1.165) is 0 Å². The van der Waals surface area contributed by atoms with Crippen LogP contribution in [0.5, 0.6) is 5.75 Å². The molecule has 0 aliphatic heterocycles. The molecule has 23 heavy (non-hydrogen) atoms. The van der Waals surface area contributed by atoms with E-state index in [4.69, 9.17) is 4.74 Å². The van der Waals surface area contributed by atoms with Gasteiger partial charge in [-0.15, -0.1) is 0 Å². The second-order valence-electron chi connectivity index (χ2n) is 5.28. The number of nitrogens with zero attached hydrogens (tertiary/aromatic N) is 1. The van der Waals surface area contributed by atoms with Crippen LogP contribution in [0.1, 0.15) is 22.8 Å². The van der Waals surface area contributed by atoms with Crippen molar-refractivity contribution in [1.29, 1.82) is 0 Å². The van der Waals surface area contributed by atoms with Gasteiger partial charge in [0.2, 0.25) is 0 Å². The SMILES string of the molecule is COc1cccc2c1c(C(C)=O)cn2Cc1c(F)cccc1F. The lowest BCUT2D eigenvalue weighted by atomic mass is 10.1. The monoisotopic (exact) mass is 315 g/mol. The molecule has 0 radical (unpaired) electrons. The van der Waals surface area contributed by atoms with Crippen molar-refractivity contribution < 1.29 is 18.3 Å². The number of benzene rings is 2. The van der Waals surface area contributed by atoms with Crippen LogP contribution in [0, 0.1) is 11.6 Å². The quantitative estimate of drug-likeness (QED) is 0.676. The number of ether oxygens (including phenoxy) is 1. The molecule has 1 heterocycles. The predicted molar refractivity (Wildman–Crippen MR) is 84.0 cm³/mol. The molecule has 0 aliphatic carbocycles. The van der Waals surface area contributed by atoms with Crippen LogP contribution in [0.25, 0.3) is 10.9 Å². The zero-order chi connectivity index (χ0) is 16.6. The first kappa shape index (κ1) is 15.2. The third kappa shape index (κ3) is 2.59. The van der Waals surface area contributed by atoms with Gasteiger partial charge in [-0.1, -0.05) is 12.1 Å². The van der Waals surface area contributed by atoms with E-state index in [0.29, 0.717) is 22.2 Å². The Morgan fingerprint density at radius 3 is 2.39 bits per heavy atom. The van der Waals surface area contributed by atoms with Crippen LogP contribution in [0.4, 0.5) is 8.78 Å². The molecule has 0 unspecified atom stereocenters. The first-order valence-electron chi connectivity index (χ1n) is 7.12. The Balaban J connectivity index is 2.21. The first-order valence-corrected chi connectivity index (χ1v) is 7.12. The normalized spacial score (nSPS) is 11.0. The number of hydrogen-bond acceptors (Lipinski definition) is 2. The lowest BCUT2D eigenvalue weighted by Gasteiger charge is -2.08. The van der Waals surface area contributed by atoms with E-state index in [1.54, 1.807) is 29.0 Å². The molecule has 0 saturated carbocycles. The van der Waals surface area contributed by atoms with E-state index in [2.05, 4.69) is 0 Å². The molecule has 118 valence electrons. The largest absolute Gasteiger partial charge is 0.496 e. The number of carbonyl (C=O) groups excluding carboxylic acids is 1. The molecule has 0 amide bonds. The zero-order valence-electron chi connectivity index (χ0n) is 12.8. The second kappa shape index (κ2) is 5.83. The summed E-state index contributed by atoms with van der Waals surface area (Å²) in [5.41, 5.74) is 1.12. The van der Waals surface area contributed by atoms with Gasteiger partial charge in [0.25, 0.3) is 0 Å². The minimum Gasteiger partial charge on any atom is -0.496 e. The molecule has 1 aromatic heterocycles. The summed E-state index contributed by atoms with van der Waals surface area (Å²) in [4.78, 5) is 11.9. The summed E-state index contributed by atoms with van der Waals surface area (Å²) in [6.45, 7) is 1.45. The Morgan fingerprint density at radius 1 is 1.13 bits per heavy atom. The first-order chi connectivity index (χ1) is 11.0. The highest BCUT2D eigenvalue weighted by Gasteiger charge is 2.18. The van der Waals surface area contributed by atoms with Crippen molar-refractivity contribution in [3.8, 4) is 5.75 Å². The van der Waals surface area contributed by atoms with Gasteiger partial charge < -0.3 is 9.30 Å². The van der Waals surface area contributed by atoms with Crippen LogP contribution in [0.3, 0.4) is 0 Å². The molecule has 0 saturated heterocycles. The van der Waals surface area contributed by atoms with E-state index in [-0.39, 0.29) is 17.9 Å². The summed E-state index contributed by atoms with van der Waals surface area (Å²) in [7, 11) is 1.52. The Morgan fingerprint density at radius 2 is 1.78 bits per heavy atom. The van der Waals surface area contributed by atoms with Gasteiger partial charge in [0.15, 0.2) is 5.78 Å². The highest BCUT2D eigenvalue weighted by Crippen LogP contribution is 2.31. The van der Waals surface area contributed by atoms with E-state index < -0.39 is 11.6 Å². The summed E-state index contributed by atoms with van der Waals surface area (Å²) < 4.78 is 34.8. The van der Waals surface area contributed by atoms with Gasteiger partial charge >= 0.3 is 0 Å². The average molecular weight is 315 g/mol. The fraction of sp³-hybridized carbons (Fsp3) is 0.167. The van der Waals surface area contributed by atoms with Crippen molar-refractivity contribution in [2.45, 2.75) is 13.5 Å². The van der Waals surface area contributed by atoms with Gasteiger partial charge in [-0.25, -0.2) is 8.78 Å². The number of fused-ring (bicyclic) bond motifs is 1. The fourth-order valence-electron chi connectivity index (χ4n) is 2.74. The molecular weight excluding hydrogens is 300 g/mol. The molecule has 3 rings (SSSR count). The molecule has 3 nitrogen and oxygen atoms in total. The van der Waals surface area contributed by atoms with Crippen LogP contribution in [-0.2, 0) is 6.54 Å². The fourth-order valence-corrected chi connectivity index (χ4v) is 2.74. The van der Waals surface area contributed by atoms with E-state index in [1.165, 1.54) is 32.2 Å². The maximum absolute atomic E-state index is 13.9. The molecule has 0 bridgehead atoms. The number of Topliss-reactive ketones (excluding diaryl/α,β-unsaturated/α-hetero) is 1. The third-order valence-electron chi connectivity index (χ3n) is 3.86. The summed E-state index contributed by atoms with van der Waals surface area (Å²) in [6.07, 6.45) is 1.61. The van der Waals surface area contributed by atoms with Crippen LogP contribution in [0.2, 0.25) is 0 Å².